The molecule has 0 saturated carbocycles. The predicted molar refractivity (Wildman–Crippen MR) is 126 cm³/mol. The van der Waals surface area contributed by atoms with Gasteiger partial charge in [-0.15, -0.1) is 10.2 Å². The molecule has 3 N–H and O–H groups in total. The van der Waals surface area contributed by atoms with Gasteiger partial charge in [0.1, 0.15) is 12.2 Å². The minimum atomic E-state index is -5.95. The number of carbonyl (C=O) groups is 2. The van der Waals surface area contributed by atoms with Crippen molar-refractivity contribution < 1.29 is 31.5 Å². The Kier molecular flexibility index (Phi) is 7.22. The van der Waals surface area contributed by atoms with Crippen LogP contribution in [0.2, 0.25) is 5.02 Å². The van der Waals surface area contributed by atoms with Crippen LogP contribution < -0.4 is 11.1 Å². The fraction of sp³-hybridized carbons (Fsp3) is 0.182. The maximum absolute atomic E-state index is 13.6. The summed E-state index contributed by atoms with van der Waals surface area (Å²) < 4.78 is 66.1. The van der Waals surface area contributed by atoms with Gasteiger partial charge in [0.2, 0.25) is 0 Å². The molecule has 0 atom stereocenters. The van der Waals surface area contributed by atoms with Crippen LogP contribution in [0.5, 0.6) is 0 Å². The summed E-state index contributed by atoms with van der Waals surface area (Å²) in [7, 11) is 0. The van der Waals surface area contributed by atoms with E-state index in [1.165, 1.54) is 37.4 Å². The minimum Gasteiger partial charge on any atom is -0.366 e. The number of nitrogens with one attached hydrogen (secondary N) is 1. The van der Waals surface area contributed by atoms with Gasteiger partial charge in [0.25, 0.3) is 17.6 Å². The molecule has 2 amide bonds. The number of pyridine rings is 1. The fourth-order valence-corrected chi connectivity index (χ4v) is 3.66. The first-order chi connectivity index (χ1) is 18.7. The van der Waals surface area contributed by atoms with Crippen molar-refractivity contribution >= 4 is 29.1 Å². The number of nitrogens with zero attached hydrogens (tertiary/aromatic N) is 8. The Morgan fingerprint density at radius 1 is 1.18 bits per heavy atom. The maximum Gasteiger partial charge on any atom is 0.461 e. The molecule has 3 aromatic heterocycles. The number of hydrogen-bond acceptors (Lipinski definition) is 8. The molecule has 0 aliphatic rings. The molecule has 12 nitrogen and oxygen atoms in total. The van der Waals surface area contributed by atoms with Crippen molar-refractivity contribution in [3.05, 3.63) is 75.5 Å². The highest BCUT2D eigenvalue weighted by Crippen LogP contribution is 2.41. The molecule has 1 aromatic carbocycles. The predicted octanol–water partition coefficient (Wildman–Crippen LogP) is 3.14. The number of aromatic nitrogens is 7. The molecular weight excluding hydrogens is 567 g/mol. The van der Waals surface area contributed by atoms with Crippen LogP contribution in [-0.2, 0) is 12.5 Å². The van der Waals surface area contributed by atoms with E-state index in [1.807, 2.05) is 6.07 Å². The van der Waals surface area contributed by atoms with E-state index in [2.05, 4.69) is 30.8 Å². The van der Waals surface area contributed by atoms with E-state index in [9.17, 15) is 36.8 Å². The second kappa shape index (κ2) is 10.3. The number of nitriles is 1. The van der Waals surface area contributed by atoms with Gasteiger partial charge in [0.05, 0.1) is 33.6 Å². The molecule has 0 fully saturated rings. The lowest BCUT2D eigenvalue weighted by atomic mass is 10.0. The molecule has 4 rings (SSSR count). The summed E-state index contributed by atoms with van der Waals surface area (Å²) >= 11 is 6.21. The average molecular weight is 581 g/mol. The first-order valence-electron chi connectivity index (χ1n) is 10.8. The molecule has 206 valence electrons. The highest BCUT2D eigenvalue weighted by molar-refractivity contribution is 6.32. The molecule has 4 aromatic rings. The quantitative estimate of drug-likeness (QED) is 0.314. The molecular formula is C22H14ClF5N10O2. The van der Waals surface area contributed by atoms with Gasteiger partial charge >= 0.3 is 12.1 Å². The number of benzene rings is 1. The number of halogens is 6. The van der Waals surface area contributed by atoms with Crippen molar-refractivity contribution in [3.8, 4) is 11.9 Å². The summed E-state index contributed by atoms with van der Waals surface area (Å²) in [5, 5.41) is 25.0. The number of tetrazole rings is 1. The largest absolute Gasteiger partial charge is 0.461 e. The number of rotatable bonds is 7. The highest BCUT2D eigenvalue weighted by atomic mass is 35.5. The number of hydrogen-bond donors (Lipinski definition) is 2. The summed E-state index contributed by atoms with van der Waals surface area (Å²) in [5.41, 5.74) is 5.38. The molecule has 3 heterocycles. The number of anilines is 1. The molecule has 0 radical (unpaired) electrons. The Morgan fingerprint density at radius 2 is 1.90 bits per heavy atom. The molecule has 0 spiro atoms. The Morgan fingerprint density at radius 3 is 2.52 bits per heavy atom. The smallest absolute Gasteiger partial charge is 0.366 e. The van der Waals surface area contributed by atoms with Gasteiger partial charge in [0, 0.05) is 6.20 Å². The third-order valence-electron chi connectivity index (χ3n) is 5.29. The zero-order valence-corrected chi connectivity index (χ0v) is 20.7. The van der Waals surface area contributed by atoms with E-state index in [-0.39, 0.29) is 39.0 Å². The Labute approximate surface area is 225 Å². The van der Waals surface area contributed by atoms with Gasteiger partial charge < -0.3 is 11.1 Å². The number of alkyl halides is 5. The third-order valence-corrected chi connectivity index (χ3v) is 5.59. The monoisotopic (exact) mass is 580 g/mol. The number of nitrogens with two attached hydrogens (primary N) is 1. The zero-order chi connectivity index (χ0) is 29.4. The van der Waals surface area contributed by atoms with Crippen molar-refractivity contribution in [3.63, 3.8) is 0 Å². The van der Waals surface area contributed by atoms with Crippen LogP contribution >= 0.6 is 11.6 Å². The van der Waals surface area contributed by atoms with Crippen LogP contribution in [0, 0.1) is 18.3 Å². The van der Waals surface area contributed by atoms with Gasteiger partial charge in [-0.25, -0.2) is 9.67 Å². The molecule has 18 heteroatoms. The van der Waals surface area contributed by atoms with Crippen LogP contribution in [0.3, 0.4) is 0 Å². The summed E-state index contributed by atoms with van der Waals surface area (Å²) in [6, 6.07) is 8.55. The summed E-state index contributed by atoms with van der Waals surface area (Å²) in [4.78, 5) is 29.9. The van der Waals surface area contributed by atoms with Crippen molar-refractivity contribution in [2.75, 3.05) is 5.32 Å². The van der Waals surface area contributed by atoms with Gasteiger partial charge in [-0.2, -0.15) is 37.1 Å². The second-order valence-corrected chi connectivity index (χ2v) is 8.51. The molecule has 0 aliphatic heterocycles. The van der Waals surface area contributed by atoms with Gasteiger partial charge in [-0.05, 0) is 48.0 Å². The van der Waals surface area contributed by atoms with Crippen LogP contribution in [0.25, 0.3) is 5.82 Å². The average Bonchev–Trinajstić information content (AvgIpc) is 3.52. The SMILES string of the molecule is Cc1cc(C#N)cc(C(N)=O)c1NC(=O)c1cc(Cn2nnc(C(F)(F)C(F)(F)F)n2)nn1-c1ncccc1Cl. The van der Waals surface area contributed by atoms with Gasteiger partial charge in [-0.1, -0.05) is 11.6 Å². The molecule has 0 bridgehead atoms. The van der Waals surface area contributed by atoms with E-state index < -0.39 is 36.3 Å². The molecule has 0 saturated heterocycles. The van der Waals surface area contributed by atoms with Crippen LogP contribution in [0.1, 0.15) is 43.5 Å². The summed E-state index contributed by atoms with van der Waals surface area (Å²) in [6.07, 6.45) is -4.61. The van der Waals surface area contributed by atoms with E-state index in [0.717, 1.165) is 10.7 Å². The van der Waals surface area contributed by atoms with E-state index in [1.54, 1.807) is 0 Å². The van der Waals surface area contributed by atoms with Crippen molar-refractivity contribution in [2.24, 2.45) is 5.73 Å². The highest BCUT2D eigenvalue weighted by Gasteiger charge is 2.62. The topological polar surface area (TPSA) is 170 Å². The molecule has 40 heavy (non-hydrogen) atoms. The van der Waals surface area contributed by atoms with Gasteiger partial charge in [0.15, 0.2) is 5.82 Å². The van der Waals surface area contributed by atoms with Crippen molar-refractivity contribution in [2.45, 2.75) is 25.6 Å². The first kappa shape index (κ1) is 28.0. The summed E-state index contributed by atoms with van der Waals surface area (Å²) in [6.45, 7) is 0.938. The van der Waals surface area contributed by atoms with Crippen molar-refractivity contribution in [1.82, 2.24) is 35.0 Å². The zero-order valence-electron chi connectivity index (χ0n) is 19.9. The Balaban J connectivity index is 1.74. The lowest BCUT2D eigenvalue weighted by Gasteiger charge is -2.14. The maximum atomic E-state index is 13.6. The van der Waals surface area contributed by atoms with Gasteiger partial charge in [-0.3, -0.25) is 9.59 Å². The second-order valence-electron chi connectivity index (χ2n) is 8.10. The van der Waals surface area contributed by atoms with Crippen LogP contribution in [-0.4, -0.2) is 53.0 Å². The number of carbonyl (C=O) groups excluding carboxylic acids is 2. The fourth-order valence-electron chi connectivity index (χ4n) is 3.46. The number of primary amides is 1. The van der Waals surface area contributed by atoms with Crippen LogP contribution in [0.4, 0.5) is 27.6 Å². The molecule has 0 aliphatic carbocycles. The molecule has 0 unspecified atom stereocenters. The normalized spacial score (nSPS) is 11.8. The lowest BCUT2D eigenvalue weighted by molar-refractivity contribution is -0.292. The third kappa shape index (κ3) is 5.29. The number of aryl methyl sites for hydroxylation is 1. The van der Waals surface area contributed by atoms with E-state index in [4.69, 9.17) is 17.3 Å². The summed E-state index contributed by atoms with van der Waals surface area (Å²) in [5.74, 6) is -9.06. The minimum absolute atomic E-state index is 0.00474. The van der Waals surface area contributed by atoms with E-state index in [0.29, 0.717) is 10.4 Å². The Bertz CT molecular complexity index is 1680. The van der Waals surface area contributed by atoms with E-state index >= 15 is 0 Å². The first-order valence-corrected chi connectivity index (χ1v) is 11.2. The standard InChI is InChI=1S/C22H14ClF5N10O2/c1-10-5-11(8-29)6-13(17(30)39)16(10)32-19(40)15-7-12(34-38(15)18-14(23)3-2-4-31-18)9-37-35-20(33-36-37)21(24,25)22(26,27)28/h2-7H,9H2,1H3,(H2,30,39)(H,32,40). The van der Waals surface area contributed by atoms with Crippen molar-refractivity contribution in [1.29, 1.82) is 5.26 Å². The Hall–Kier alpha value is -4.98. The number of amides is 2. The lowest BCUT2D eigenvalue weighted by Crippen LogP contribution is -2.35. The van der Waals surface area contributed by atoms with Crippen LogP contribution in [0.15, 0.2) is 36.5 Å².